The Kier molecular flexibility index (Phi) is 1.93. The molecule has 84 valence electrons. The highest BCUT2D eigenvalue weighted by atomic mass is 16.6. The average Bonchev–Trinajstić information content (AvgIpc) is 2.89. The summed E-state index contributed by atoms with van der Waals surface area (Å²) in [6.07, 6.45) is 3.79. The lowest BCUT2D eigenvalue weighted by Gasteiger charge is -2.18. The largest absolute Gasteiger partial charge is 0.365 e. The number of anilines is 1. The zero-order valence-corrected chi connectivity index (χ0v) is 9.06. The second kappa shape index (κ2) is 3.20. The number of nitrogens with zero attached hydrogens (tertiary/aromatic N) is 2. The summed E-state index contributed by atoms with van der Waals surface area (Å²) in [6, 6.07) is 7.05. The molecule has 1 saturated carbocycles. The average molecular weight is 218 g/mol. The fourth-order valence-corrected chi connectivity index (χ4v) is 2.61. The minimum atomic E-state index is -0.284. The van der Waals surface area contributed by atoms with Crippen LogP contribution < -0.4 is 4.90 Å². The van der Waals surface area contributed by atoms with Gasteiger partial charge in [0.2, 0.25) is 0 Å². The van der Waals surface area contributed by atoms with Crippen LogP contribution in [0.2, 0.25) is 0 Å². The maximum atomic E-state index is 10.9. The molecule has 0 aromatic heterocycles. The minimum absolute atomic E-state index is 0.236. The first kappa shape index (κ1) is 9.63. The molecule has 1 aliphatic heterocycles. The van der Waals surface area contributed by atoms with Gasteiger partial charge >= 0.3 is 0 Å². The van der Waals surface area contributed by atoms with Crippen LogP contribution in [-0.4, -0.2) is 18.0 Å². The Morgan fingerprint density at radius 2 is 2.00 bits per heavy atom. The van der Waals surface area contributed by atoms with Crippen molar-refractivity contribution < 1.29 is 4.92 Å². The van der Waals surface area contributed by atoms with E-state index in [-0.39, 0.29) is 10.6 Å². The molecule has 1 heterocycles. The molecule has 3 rings (SSSR count). The van der Waals surface area contributed by atoms with Gasteiger partial charge in [0.15, 0.2) is 0 Å². The van der Waals surface area contributed by atoms with E-state index >= 15 is 0 Å². The molecule has 1 aromatic rings. The van der Waals surface area contributed by atoms with Crippen LogP contribution in [-0.2, 0) is 0 Å². The van der Waals surface area contributed by atoms with E-state index < -0.39 is 0 Å². The second-order valence-corrected chi connectivity index (χ2v) is 4.92. The smallest absolute Gasteiger partial charge is 0.292 e. The van der Waals surface area contributed by atoms with E-state index in [1.54, 1.807) is 12.1 Å². The summed E-state index contributed by atoms with van der Waals surface area (Å²) < 4.78 is 0. The molecular weight excluding hydrogens is 204 g/mol. The van der Waals surface area contributed by atoms with Crippen molar-refractivity contribution >= 4 is 11.4 Å². The lowest BCUT2D eigenvalue weighted by atomic mass is 10.1. The molecular formula is C12H14N2O2. The van der Waals surface area contributed by atoms with E-state index in [2.05, 4.69) is 4.90 Å². The fraction of sp³-hybridized carbons (Fsp3) is 0.500. The maximum absolute atomic E-state index is 10.9. The predicted molar refractivity (Wildman–Crippen MR) is 61.6 cm³/mol. The quantitative estimate of drug-likeness (QED) is 0.566. The Labute approximate surface area is 94.0 Å². The molecule has 1 spiro atoms. The Hall–Kier alpha value is -1.58. The molecule has 0 radical (unpaired) electrons. The molecule has 0 bridgehead atoms. The first-order valence-electron chi connectivity index (χ1n) is 5.69. The monoisotopic (exact) mass is 218 g/mol. The molecule has 1 aliphatic carbocycles. The summed E-state index contributed by atoms with van der Waals surface area (Å²) in [7, 11) is 0. The lowest BCUT2D eigenvalue weighted by molar-refractivity contribution is -0.384. The van der Waals surface area contributed by atoms with Gasteiger partial charge in [-0.15, -0.1) is 0 Å². The van der Waals surface area contributed by atoms with Gasteiger partial charge in [-0.2, -0.15) is 0 Å². The molecule has 4 heteroatoms. The number of rotatable bonds is 2. The summed E-state index contributed by atoms with van der Waals surface area (Å²) >= 11 is 0. The van der Waals surface area contributed by atoms with Crippen LogP contribution in [0.1, 0.15) is 19.3 Å². The van der Waals surface area contributed by atoms with Crippen molar-refractivity contribution in [3.05, 3.63) is 34.4 Å². The van der Waals surface area contributed by atoms with Gasteiger partial charge in [-0.05, 0) is 30.7 Å². The van der Waals surface area contributed by atoms with Gasteiger partial charge in [-0.3, -0.25) is 10.1 Å². The third-order valence-corrected chi connectivity index (χ3v) is 3.81. The van der Waals surface area contributed by atoms with E-state index in [1.165, 1.54) is 19.3 Å². The van der Waals surface area contributed by atoms with Crippen LogP contribution in [0.25, 0.3) is 0 Å². The third-order valence-electron chi connectivity index (χ3n) is 3.81. The summed E-state index contributed by atoms with van der Waals surface area (Å²) in [5, 5.41) is 10.9. The van der Waals surface area contributed by atoms with E-state index in [1.807, 2.05) is 12.1 Å². The highest BCUT2D eigenvalue weighted by molar-refractivity contribution is 5.63. The van der Waals surface area contributed by atoms with Gasteiger partial charge in [0.05, 0.1) is 4.92 Å². The number of para-hydroxylation sites is 2. The molecule has 4 nitrogen and oxygen atoms in total. The molecule has 1 saturated heterocycles. The number of nitro groups is 1. The topological polar surface area (TPSA) is 46.4 Å². The van der Waals surface area contributed by atoms with Crippen molar-refractivity contribution in [3.8, 4) is 0 Å². The van der Waals surface area contributed by atoms with Crippen molar-refractivity contribution in [2.75, 3.05) is 18.0 Å². The first-order valence-corrected chi connectivity index (χ1v) is 5.69. The van der Waals surface area contributed by atoms with Crippen molar-refractivity contribution in [3.63, 3.8) is 0 Å². The lowest BCUT2D eigenvalue weighted by Crippen LogP contribution is -2.20. The molecule has 0 amide bonds. The van der Waals surface area contributed by atoms with E-state index in [0.717, 1.165) is 18.8 Å². The number of benzene rings is 1. The van der Waals surface area contributed by atoms with Crippen LogP contribution in [0.15, 0.2) is 24.3 Å². The Morgan fingerprint density at radius 1 is 1.25 bits per heavy atom. The highest BCUT2D eigenvalue weighted by Crippen LogP contribution is 2.53. The van der Waals surface area contributed by atoms with Crippen molar-refractivity contribution in [2.24, 2.45) is 5.41 Å². The zero-order valence-electron chi connectivity index (χ0n) is 9.06. The van der Waals surface area contributed by atoms with Gasteiger partial charge < -0.3 is 4.90 Å². The van der Waals surface area contributed by atoms with E-state index in [4.69, 9.17) is 0 Å². The van der Waals surface area contributed by atoms with Crippen LogP contribution in [0.4, 0.5) is 11.4 Å². The van der Waals surface area contributed by atoms with Gasteiger partial charge in [-0.25, -0.2) is 0 Å². The molecule has 0 unspecified atom stereocenters. The van der Waals surface area contributed by atoms with E-state index in [0.29, 0.717) is 5.41 Å². The number of hydrogen-bond donors (Lipinski definition) is 0. The SMILES string of the molecule is O=[N+]([O-])c1ccccc1N1CCC2(CC2)C1. The Bertz CT molecular complexity index is 440. The fourth-order valence-electron chi connectivity index (χ4n) is 2.61. The molecule has 2 fully saturated rings. The molecule has 16 heavy (non-hydrogen) atoms. The minimum Gasteiger partial charge on any atom is -0.365 e. The summed E-state index contributed by atoms with van der Waals surface area (Å²) in [5.74, 6) is 0. The first-order chi connectivity index (χ1) is 7.70. The third kappa shape index (κ3) is 1.45. The number of nitro benzene ring substituents is 1. The molecule has 0 atom stereocenters. The standard InChI is InChI=1S/C12H14N2O2/c15-14(16)11-4-2-1-3-10(11)13-8-7-12(9-13)5-6-12/h1-4H,5-9H2. The van der Waals surface area contributed by atoms with Gasteiger partial charge in [-0.1, -0.05) is 12.1 Å². The molecule has 2 aliphatic rings. The van der Waals surface area contributed by atoms with Crippen molar-refractivity contribution in [1.29, 1.82) is 0 Å². The summed E-state index contributed by atoms with van der Waals surface area (Å²) in [4.78, 5) is 12.8. The zero-order chi connectivity index (χ0) is 11.2. The van der Waals surface area contributed by atoms with Crippen LogP contribution in [0.5, 0.6) is 0 Å². The normalized spacial score (nSPS) is 21.4. The Balaban J connectivity index is 1.91. The van der Waals surface area contributed by atoms with Gasteiger partial charge in [0, 0.05) is 19.2 Å². The van der Waals surface area contributed by atoms with E-state index in [9.17, 15) is 10.1 Å². The summed E-state index contributed by atoms with van der Waals surface area (Å²) in [6.45, 7) is 1.96. The van der Waals surface area contributed by atoms with Crippen LogP contribution in [0.3, 0.4) is 0 Å². The van der Waals surface area contributed by atoms with Gasteiger partial charge in [0.25, 0.3) is 5.69 Å². The van der Waals surface area contributed by atoms with Crippen molar-refractivity contribution in [2.45, 2.75) is 19.3 Å². The van der Waals surface area contributed by atoms with Gasteiger partial charge in [0.1, 0.15) is 5.69 Å². The molecule has 0 N–H and O–H groups in total. The Morgan fingerprint density at radius 3 is 2.62 bits per heavy atom. The highest BCUT2D eigenvalue weighted by Gasteiger charge is 2.48. The maximum Gasteiger partial charge on any atom is 0.292 e. The second-order valence-electron chi connectivity index (χ2n) is 4.92. The van der Waals surface area contributed by atoms with Crippen LogP contribution >= 0.6 is 0 Å². The van der Waals surface area contributed by atoms with Crippen molar-refractivity contribution in [1.82, 2.24) is 0 Å². The summed E-state index contributed by atoms with van der Waals surface area (Å²) in [5.41, 5.74) is 1.53. The predicted octanol–water partition coefficient (Wildman–Crippen LogP) is 2.59. The van der Waals surface area contributed by atoms with Crippen LogP contribution in [0, 0.1) is 15.5 Å². The molecule has 1 aromatic carbocycles. The number of hydrogen-bond acceptors (Lipinski definition) is 3.